The summed E-state index contributed by atoms with van der Waals surface area (Å²) in [6.45, 7) is 2.85. The molecule has 0 aliphatic carbocycles. The Bertz CT molecular complexity index is 502. The number of aromatic nitrogens is 4. The second-order valence-corrected chi connectivity index (χ2v) is 4.71. The van der Waals surface area contributed by atoms with Crippen molar-refractivity contribution in [3.8, 4) is 5.88 Å². The molecule has 7 heteroatoms. The molecule has 0 radical (unpaired) electrons. The van der Waals surface area contributed by atoms with E-state index < -0.39 is 0 Å². The van der Waals surface area contributed by atoms with Crippen molar-refractivity contribution in [2.24, 2.45) is 0 Å². The van der Waals surface area contributed by atoms with E-state index in [1.54, 1.807) is 25.8 Å². The summed E-state index contributed by atoms with van der Waals surface area (Å²) in [5.41, 5.74) is 0. The zero-order chi connectivity index (χ0) is 13.0. The van der Waals surface area contributed by atoms with E-state index in [9.17, 15) is 0 Å². The van der Waals surface area contributed by atoms with Gasteiger partial charge < -0.3 is 14.6 Å². The van der Waals surface area contributed by atoms with E-state index in [0.717, 1.165) is 11.0 Å². The van der Waals surface area contributed by atoms with Gasteiger partial charge in [-0.1, -0.05) is 0 Å². The zero-order valence-corrected chi connectivity index (χ0v) is 11.8. The number of methoxy groups -OCH3 is 1. The number of imidazole rings is 1. The van der Waals surface area contributed by atoms with E-state index in [1.807, 2.05) is 10.8 Å². The summed E-state index contributed by atoms with van der Waals surface area (Å²) in [7, 11) is 1.58. The summed E-state index contributed by atoms with van der Waals surface area (Å²) in [4.78, 5) is 12.4. The number of nitrogens with zero attached hydrogens (tertiary/aromatic N) is 4. The van der Waals surface area contributed by atoms with Crippen LogP contribution in [0, 0.1) is 0 Å². The molecule has 2 aromatic heterocycles. The molecule has 2 aromatic rings. The molecule has 1 unspecified atom stereocenters. The quantitative estimate of drug-likeness (QED) is 0.914. The average Bonchev–Trinajstić information content (AvgIpc) is 2.84. The van der Waals surface area contributed by atoms with Crippen LogP contribution in [0.3, 0.4) is 0 Å². The van der Waals surface area contributed by atoms with Gasteiger partial charge in [-0.15, -0.1) is 0 Å². The maximum Gasteiger partial charge on any atom is 0.232 e. The fourth-order valence-electron chi connectivity index (χ4n) is 1.54. The van der Waals surface area contributed by atoms with E-state index in [2.05, 4.69) is 43.1 Å². The zero-order valence-electron chi connectivity index (χ0n) is 10.2. The summed E-state index contributed by atoms with van der Waals surface area (Å²) in [5, 5.41) is 3.21. The molecule has 18 heavy (non-hydrogen) atoms. The second-order valence-electron chi connectivity index (χ2n) is 3.86. The van der Waals surface area contributed by atoms with Gasteiger partial charge in [-0.05, 0) is 22.9 Å². The minimum atomic E-state index is 0.185. The molecule has 0 aliphatic heterocycles. The van der Waals surface area contributed by atoms with Crippen LogP contribution in [0.1, 0.15) is 6.92 Å². The summed E-state index contributed by atoms with van der Waals surface area (Å²) in [5.74, 6) is 1.06. The maximum absolute atomic E-state index is 5.12. The lowest BCUT2D eigenvalue weighted by molar-refractivity contribution is 0.394. The molecule has 0 aromatic carbocycles. The number of rotatable bonds is 5. The van der Waals surface area contributed by atoms with Crippen LogP contribution < -0.4 is 10.1 Å². The van der Waals surface area contributed by atoms with Crippen molar-refractivity contribution < 1.29 is 4.74 Å². The summed E-state index contributed by atoms with van der Waals surface area (Å²) in [6.07, 6.45) is 7.12. The van der Waals surface area contributed by atoms with Crippen molar-refractivity contribution in [3.05, 3.63) is 29.4 Å². The highest BCUT2D eigenvalue weighted by Gasteiger charge is 2.08. The molecule has 2 rings (SSSR count). The van der Waals surface area contributed by atoms with Gasteiger partial charge in [0.25, 0.3) is 0 Å². The Morgan fingerprint density at radius 3 is 3.06 bits per heavy atom. The van der Waals surface area contributed by atoms with Crippen molar-refractivity contribution >= 4 is 21.9 Å². The third kappa shape index (κ3) is 3.19. The van der Waals surface area contributed by atoms with E-state index in [1.165, 1.54) is 0 Å². The molecule has 1 N–H and O–H groups in total. The second kappa shape index (κ2) is 5.81. The molecule has 0 saturated carbocycles. The van der Waals surface area contributed by atoms with Crippen molar-refractivity contribution in [2.45, 2.75) is 19.5 Å². The molecule has 0 aliphatic rings. The summed E-state index contributed by atoms with van der Waals surface area (Å²) < 4.78 is 7.85. The van der Waals surface area contributed by atoms with Crippen LogP contribution in [-0.4, -0.2) is 32.7 Å². The smallest absolute Gasteiger partial charge is 0.232 e. The van der Waals surface area contributed by atoms with Crippen LogP contribution in [0.25, 0.3) is 0 Å². The first-order valence-electron chi connectivity index (χ1n) is 5.48. The lowest BCUT2D eigenvalue weighted by atomic mass is 10.3. The van der Waals surface area contributed by atoms with E-state index in [0.29, 0.717) is 11.8 Å². The monoisotopic (exact) mass is 311 g/mol. The van der Waals surface area contributed by atoms with Crippen molar-refractivity contribution in [2.75, 3.05) is 12.4 Å². The Morgan fingerprint density at radius 2 is 2.39 bits per heavy atom. The minimum absolute atomic E-state index is 0.185. The standard InChI is InChI=1S/C11H14BrN5O/c1-8(6-17-4-3-13-7-17)15-11-14-5-9(12)10(16-11)18-2/h3-5,7-8H,6H2,1-2H3,(H,14,15,16). The molecule has 0 spiro atoms. The molecule has 0 saturated heterocycles. The van der Waals surface area contributed by atoms with Crippen LogP contribution in [-0.2, 0) is 6.54 Å². The van der Waals surface area contributed by atoms with Gasteiger partial charge in [0.1, 0.15) is 0 Å². The first-order chi connectivity index (χ1) is 8.69. The van der Waals surface area contributed by atoms with Crippen LogP contribution in [0.15, 0.2) is 29.4 Å². The molecule has 0 amide bonds. The highest BCUT2D eigenvalue weighted by Crippen LogP contribution is 2.21. The van der Waals surface area contributed by atoms with Gasteiger partial charge in [0.15, 0.2) is 0 Å². The third-order valence-electron chi connectivity index (χ3n) is 2.32. The Labute approximate surface area is 114 Å². The summed E-state index contributed by atoms with van der Waals surface area (Å²) >= 11 is 3.32. The molecule has 1 atom stereocenters. The lowest BCUT2D eigenvalue weighted by Crippen LogP contribution is -2.22. The Balaban J connectivity index is 2.00. The predicted octanol–water partition coefficient (Wildman–Crippen LogP) is 1.94. The van der Waals surface area contributed by atoms with Crippen molar-refractivity contribution in [1.82, 2.24) is 19.5 Å². The van der Waals surface area contributed by atoms with Crippen LogP contribution in [0.4, 0.5) is 5.95 Å². The fraction of sp³-hybridized carbons (Fsp3) is 0.364. The molecular formula is C11H14BrN5O. The van der Waals surface area contributed by atoms with Gasteiger partial charge in [0.05, 0.1) is 24.1 Å². The first kappa shape index (κ1) is 12.8. The SMILES string of the molecule is COc1nc(NC(C)Cn2ccnc2)ncc1Br. The number of nitrogens with one attached hydrogen (secondary N) is 1. The molecular weight excluding hydrogens is 298 g/mol. The Morgan fingerprint density at radius 1 is 1.56 bits per heavy atom. The van der Waals surface area contributed by atoms with Crippen LogP contribution in [0.2, 0.25) is 0 Å². The Hall–Kier alpha value is -1.63. The fourth-order valence-corrected chi connectivity index (χ4v) is 1.89. The van der Waals surface area contributed by atoms with E-state index in [-0.39, 0.29) is 6.04 Å². The third-order valence-corrected chi connectivity index (χ3v) is 2.87. The Kier molecular flexibility index (Phi) is 4.14. The van der Waals surface area contributed by atoms with Gasteiger partial charge >= 0.3 is 0 Å². The largest absolute Gasteiger partial charge is 0.480 e. The number of halogens is 1. The first-order valence-corrected chi connectivity index (χ1v) is 6.27. The normalized spacial score (nSPS) is 12.2. The van der Waals surface area contributed by atoms with Crippen molar-refractivity contribution in [3.63, 3.8) is 0 Å². The lowest BCUT2D eigenvalue weighted by Gasteiger charge is -2.14. The molecule has 2 heterocycles. The van der Waals surface area contributed by atoms with Gasteiger partial charge in [-0.25, -0.2) is 9.97 Å². The van der Waals surface area contributed by atoms with E-state index in [4.69, 9.17) is 4.74 Å². The number of ether oxygens (including phenoxy) is 1. The van der Waals surface area contributed by atoms with Gasteiger partial charge in [-0.2, -0.15) is 4.98 Å². The minimum Gasteiger partial charge on any atom is -0.480 e. The van der Waals surface area contributed by atoms with Gasteiger partial charge in [-0.3, -0.25) is 0 Å². The van der Waals surface area contributed by atoms with E-state index >= 15 is 0 Å². The highest BCUT2D eigenvalue weighted by molar-refractivity contribution is 9.10. The molecule has 96 valence electrons. The van der Waals surface area contributed by atoms with Crippen LogP contribution in [0.5, 0.6) is 5.88 Å². The molecule has 0 bridgehead atoms. The van der Waals surface area contributed by atoms with Gasteiger partial charge in [0.2, 0.25) is 11.8 Å². The number of hydrogen-bond acceptors (Lipinski definition) is 5. The van der Waals surface area contributed by atoms with Gasteiger partial charge in [0, 0.05) is 25.0 Å². The maximum atomic E-state index is 5.12. The molecule has 0 fully saturated rings. The summed E-state index contributed by atoms with van der Waals surface area (Å²) in [6, 6.07) is 0.185. The molecule has 6 nitrogen and oxygen atoms in total. The average molecular weight is 312 g/mol. The topological polar surface area (TPSA) is 64.9 Å². The number of anilines is 1. The van der Waals surface area contributed by atoms with Crippen LogP contribution >= 0.6 is 15.9 Å². The predicted molar refractivity (Wildman–Crippen MR) is 71.6 cm³/mol. The number of hydrogen-bond donors (Lipinski definition) is 1. The van der Waals surface area contributed by atoms with Crippen molar-refractivity contribution in [1.29, 1.82) is 0 Å². The highest BCUT2D eigenvalue weighted by atomic mass is 79.9.